The van der Waals surface area contributed by atoms with E-state index in [0.717, 1.165) is 35.9 Å². The second-order valence-electron chi connectivity index (χ2n) is 14.5. The Kier molecular flexibility index (Phi) is 12.3. The van der Waals surface area contributed by atoms with Gasteiger partial charge in [-0.15, -0.1) is 0 Å². The third-order valence-corrected chi connectivity index (χ3v) is 10.1. The maximum Gasteiger partial charge on any atom is 0.239 e. The van der Waals surface area contributed by atoms with Gasteiger partial charge in [0.15, 0.2) is 29.0 Å². The van der Waals surface area contributed by atoms with Crippen molar-refractivity contribution in [3.05, 3.63) is 99.3 Å². The van der Waals surface area contributed by atoms with Crippen LogP contribution in [0.25, 0.3) is 44.6 Å². The highest BCUT2D eigenvalue weighted by atomic mass is 16.7. The third kappa shape index (κ3) is 8.54. The van der Waals surface area contributed by atoms with Crippen LogP contribution in [0.4, 0.5) is 0 Å². The van der Waals surface area contributed by atoms with Crippen LogP contribution in [0.3, 0.4) is 0 Å². The van der Waals surface area contributed by atoms with Crippen molar-refractivity contribution in [1.82, 2.24) is 0 Å². The molecule has 4 aromatic carbocycles. The number of aromatic hydroxyl groups is 6. The quantitative estimate of drug-likeness (QED) is 0.100. The minimum atomic E-state index is -1.97. The minimum Gasteiger partial charge on any atom is -0.508 e. The molecule has 0 amide bonds. The summed E-state index contributed by atoms with van der Waals surface area (Å²) in [6.07, 6.45) is -16.2. The molecule has 20 heteroatoms. The number of phenols is 6. The molecule has 0 unspecified atom stereocenters. The average molecular weight is 865 g/mol. The van der Waals surface area contributed by atoms with Crippen molar-refractivity contribution in [3.63, 3.8) is 0 Å². The second kappa shape index (κ2) is 17.5. The molecule has 0 spiro atoms. The van der Waals surface area contributed by atoms with Crippen molar-refractivity contribution in [1.29, 1.82) is 0 Å². The fourth-order valence-corrected chi connectivity index (χ4v) is 6.84. The van der Waals surface area contributed by atoms with Crippen molar-refractivity contribution in [2.45, 2.75) is 68.3 Å². The van der Waals surface area contributed by atoms with Gasteiger partial charge in [0.2, 0.25) is 17.5 Å². The fourth-order valence-electron chi connectivity index (χ4n) is 6.84. The maximum absolute atomic E-state index is 13.6. The zero-order chi connectivity index (χ0) is 44.7. The number of hydrogen-bond donors (Lipinski definition) is 12. The molecular weight excluding hydrogens is 824 g/mol. The number of aliphatic hydroxyl groups is 6. The van der Waals surface area contributed by atoms with Crippen LogP contribution in [0.2, 0.25) is 0 Å². The summed E-state index contributed by atoms with van der Waals surface area (Å²) in [5, 5.41) is 121. The summed E-state index contributed by atoms with van der Waals surface area (Å²) in [5.74, 6) is -3.38. The number of aliphatic hydroxyl groups excluding tert-OH is 6. The molecule has 20 nitrogen and oxygen atoms in total. The molecule has 328 valence electrons. The first-order chi connectivity index (χ1) is 29.4. The van der Waals surface area contributed by atoms with Crippen LogP contribution in [0.15, 0.2) is 97.3 Å². The van der Waals surface area contributed by atoms with Gasteiger partial charge in [-0.2, -0.15) is 0 Å². The van der Waals surface area contributed by atoms with E-state index in [1.165, 1.54) is 25.1 Å². The molecule has 62 heavy (non-hydrogen) atoms. The molecule has 0 saturated carbocycles. The number of fused-ring (bicyclic) bond motifs is 2. The third-order valence-electron chi connectivity index (χ3n) is 10.1. The molecule has 2 aliphatic heterocycles. The van der Waals surface area contributed by atoms with Crippen LogP contribution in [0, 0.1) is 0 Å². The highest BCUT2D eigenvalue weighted by Gasteiger charge is 2.48. The molecule has 2 fully saturated rings. The summed E-state index contributed by atoms with van der Waals surface area (Å²) in [5.41, 5.74) is -0.787. The maximum atomic E-state index is 13.6. The van der Waals surface area contributed by atoms with Crippen LogP contribution < -0.4 is 15.6 Å². The van der Waals surface area contributed by atoms with Crippen LogP contribution in [-0.2, 0) is 14.2 Å². The number of benzene rings is 4. The van der Waals surface area contributed by atoms with Gasteiger partial charge in [0.05, 0.1) is 12.7 Å². The molecule has 2 saturated heterocycles. The lowest BCUT2D eigenvalue weighted by Gasteiger charge is -2.42. The molecular formula is C42H40O20. The summed E-state index contributed by atoms with van der Waals surface area (Å²) in [7, 11) is 0. The van der Waals surface area contributed by atoms with E-state index in [4.69, 9.17) is 27.8 Å². The first-order valence-electron chi connectivity index (χ1n) is 18.7. The number of rotatable bonds is 7. The van der Waals surface area contributed by atoms with Gasteiger partial charge < -0.3 is 89.1 Å². The van der Waals surface area contributed by atoms with Gasteiger partial charge in [0.25, 0.3) is 0 Å². The number of phenolic OH excluding ortho intramolecular Hbond substituents is 6. The van der Waals surface area contributed by atoms with Crippen molar-refractivity contribution in [2.24, 2.45) is 0 Å². The normalized spacial score (nSPS) is 26.2. The van der Waals surface area contributed by atoms with Gasteiger partial charge in [-0.3, -0.25) is 9.59 Å². The summed E-state index contributed by atoms with van der Waals surface area (Å²) in [6, 6.07) is 18.1. The average Bonchev–Trinajstić information content (AvgIpc) is 3.23. The van der Waals surface area contributed by atoms with Gasteiger partial charge in [-0.05, 0) is 25.1 Å². The lowest BCUT2D eigenvalue weighted by atomic mass is 9.98. The second-order valence-corrected chi connectivity index (χ2v) is 14.5. The highest BCUT2D eigenvalue weighted by Crippen LogP contribution is 2.40. The first kappa shape index (κ1) is 43.6. The highest BCUT2D eigenvalue weighted by molar-refractivity contribution is 5.88. The van der Waals surface area contributed by atoms with E-state index in [2.05, 4.69) is 0 Å². The molecule has 10 atom stereocenters. The van der Waals surface area contributed by atoms with Gasteiger partial charge in [-0.1, -0.05) is 30.3 Å². The van der Waals surface area contributed by atoms with Crippen LogP contribution >= 0.6 is 0 Å². The van der Waals surface area contributed by atoms with E-state index >= 15 is 0 Å². The SMILES string of the molecule is C[C@@H]1O[C@@H](OC[C@H]2O[C@@H](Oc3c(-c4ccc(O)c(O)c4)oc4cc(O)cc(O)c4c3=O)[C@H](O)[C@@H](O)[C@@H]2O)[C@H](O)[C@H](O)[C@H]1O.O=c1cc(-c2ccccc2)oc2cc(O)cc(O)c12. The Morgan fingerprint density at radius 2 is 1.18 bits per heavy atom. The molecule has 6 aromatic rings. The Labute approximate surface area is 347 Å². The Bertz CT molecular complexity index is 2700. The predicted octanol–water partition coefficient (Wildman–Crippen LogP) is 1.18. The van der Waals surface area contributed by atoms with E-state index in [1.54, 1.807) is 0 Å². The molecule has 0 bridgehead atoms. The summed E-state index contributed by atoms with van der Waals surface area (Å²) >= 11 is 0. The topological polar surface area (TPSA) is 340 Å². The first-order valence-corrected chi connectivity index (χ1v) is 18.7. The number of ether oxygens (including phenoxy) is 4. The largest absolute Gasteiger partial charge is 0.508 e. The van der Waals surface area contributed by atoms with Crippen molar-refractivity contribution in [2.75, 3.05) is 6.61 Å². The zero-order valence-corrected chi connectivity index (χ0v) is 32.1. The van der Waals surface area contributed by atoms with Crippen molar-refractivity contribution in [3.8, 4) is 62.9 Å². The van der Waals surface area contributed by atoms with Gasteiger partial charge in [0.1, 0.15) is 93.4 Å². The van der Waals surface area contributed by atoms with Gasteiger partial charge >= 0.3 is 0 Å². The predicted molar refractivity (Wildman–Crippen MR) is 211 cm³/mol. The monoisotopic (exact) mass is 864 g/mol. The summed E-state index contributed by atoms with van der Waals surface area (Å²) in [4.78, 5) is 25.6. The van der Waals surface area contributed by atoms with Crippen LogP contribution in [-0.4, -0.2) is 129 Å². The van der Waals surface area contributed by atoms with Gasteiger partial charge in [-0.25, -0.2) is 0 Å². The van der Waals surface area contributed by atoms with E-state index in [1.807, 2.05) is 30.3 Å². The van der Waals surface area contributed by atoms with Crippen LogP contribution in [0.5, 0.6) is 40.2 Å². The fraction of sp³-hybridized carbons (Fsp3) is 0.286. The molecule has 4 heterocycles. The van der Waals surface area contributed by atoms with E-state index < -0.39 is 113 Å². The van der Waals surface area contributed by atoms with Crippen molar-refractivity contribution >= 4 is 21.9 Å². The molecule has 0 radical (unpaired) electrons. The summed E-state index contributed by atoms with van der Waals surface area (Å²) < 4.78 is 33.4. The molecule has 2 aromatic heterocycles. The molecule has 2 aliphatic rings. The van der Waals surface area contributed by atoms with Gasteiger partial charge in [0, 0.05) is 41.5 Å². The summed E-state index contributed by atoms with van der Waals surface area (Å²) in [6.45, 7) is 0.818. The van der Waals surface area contributed by atoms with E-state index in [-0.39, 0.29) is 39.0 Å². The molecule has 12 N–H and O–H groups in total. The molecule has 0 aliphatic carbocycles. The lowest BCUT2D eigenvalue weighted by molar-refractivity contribution is -0.318. The number of hydrogen-bond acceptors (Lipinski definition) is 20. The Balaban J connectivity index is 0.000000252. The Morgan fingerprint density at radius 1 is 0.565 bits per heavy atom. The zero-order valence-electron chi connectivity index (χ0n) is 32.1. The lowest BCUT2D eigenvalue weighted by Crippen LogP contribution is -2.61. The smallest absolute Gasteiger partial charge is 0.239 e. The Hall–Kier alpha value is -6.46. The van der Waals surface area contributed by atoms with Crippen LogP contribution in [0.1, 0.15) is 6.92 Å². The van der Waals surface area contributed by atoms with E-state index in [9.17, 15) is 70.9 Å². The van der Waals surface area contributed by atoms with Crippen molar-refractivity contribution < 1.29 is 89.1 Å². The Morgan fingerprint density at radius 3 is 1.84 bits per heavy atom. The van der Waals surface area contributed by atoms with E-state index in [0.29, 0.717) is 5.76 Å². The molecule has 8 rings (SSSR count). The minimum absolute atomic E-state index is 0.0313. The standard InChI is InChI=1S/C27H30O16.C15H10O4/c1-8-17(32)20(35)22(37)26(40-8)39-7-15-18(33)21(36)23(38)27(42-15)43-25-19(34)16-13(31)5-10(28)6-14(16)41-24(25)9-2-3-11(29)12(30)4-9;16-10-6-11(17)15-12(18)8-13(19-14(15)7-10)9-4-2-1-3-5-9/h2-6,8,15,17-18,20-23,26-33,35-38H,7H2,1H3;1-8,16-17H/t8-,15+,17-,18+,20+,21-,22+,23+,26+,27-;/m0./s1.